The van der Waals surface area contributed by atoms with Crippen LogP contribution in [0.5, 0.6) is 0 Å². The Morgan fingerprint density at radius 3 is 1.04 bits per heavy atom. The number of phosphoric ester groups is 1. The van der Waals surface area contributed by atoms with E-state index in [9.17, 15) is 19.0 Å². The maximum Gasteiger partial charge on any atom is 0.472 e. The van der Waals surface area contributed by atoms with Gasteiger partial charge >= 0.3 is 19.8 Å². The van der Waals surface area contributed by atoms with Gasteiger partial charge in [0.05, 0.1) is 13.2 Å². The number of hydrogen-bond donors (Lipinski definition) is 2. The molecule has 0 aliphatic heterocycles. The zero-order chi connectivity index (χ0) is 57.3. The van der Waals surface area contributed by atoms with Crippen LogP contribution in [0.25, 0.3) is 0 Å². The number of phosphoric acid groups is 1. The lowest BCUT2D eigenvalue weighted by Crippen LogP contribution is -2.29. The number of rotatable bonds is 61. The maximum atomic E-state index is 12.7. The molecule has 0 spiro atoms. The summed E-state index contributed by atoms with van der Waals surface area (Å²) >= 11 is 0. The van der Waals surface area contributed by atoms with Gasteiger partial charge in [-0.1, -0.05) is 284 Å². The first kappa shape index (κ1) is 75.9. The summed E-state index contributed by atoms with van der Waals surface area (Å²) in [6, 6.07) is 0. The van der Waals surface area contributed by atoms with Crippen molar-refractivity contribution < 1.29 is 37.6 Å². The van der Waals surface area contributed by atoms with Crippen LogP contribution in [0.4, 0.5) is 0 Å². The van der Waals surface area contributed by atoms with Crippen LogP contribution in [0.3, 0.4) is 0 Å². The van der Waals surface area contributed by atoms with Gasteiger partial charge in [0.25, 0.3) is 0 Å². The first-order chi connectivity index (χ1) is 38.8. The minimum atomic E-state index is -4.40. The Labute approximate surface area is 486 Å². The van der Waals surface area contributed by atoms with Crippen molar-refractivity contribution in [3.8, 4) is 0 Å². The van der Waals surface area contributed by atoms with Gasteiger partial charge in [0.1, 0.15) is 6.61 Å². The predicted octanol–water partition coefficient (Wildman–Crippen LogP) is 21.2. The normalized spacial score (nSPS) is 13.6. The number of ether oxygens (including phenoxy) is 2. The minimum absolute atomic E-state index is 0.0472. The summed E-state index contributed by atoms with van der Waals surface area (Å²) in [5.41, 5.74) is 5.39. The third kappa shape index (κ3) is 64.0. The van der Waals surface area contributed by atoms with Crippen LogP contribution in [0.2, 0.25) is 0 Å². The average Bonchev–Trinajstić information content (AvgIpc) is 3.44. The molecule has 2 atom stereocenters. The minimum Gasteiger partial charge on any atom is -0.462 e. The summed E-state index contributed by atoms with van der Waals surface area (Å²) in [5, 5.41) is 0. The molecule has 0 rings (SSSR count). The first-order valence-electron chi connectivity index (χ1n) is 32.7. The molecule has 0 heterocycles. The molecule has 0 amide bonds. The first-order valence-corrected chi connectivity index (χ1v) is 34.2. The zero-order valence-electron chi connectivity index (χ0n) is 51.1. The smallest absolute Gasteiger partial charge is 0.462 e. The summed E-state index contributed by atoms with van der Waals surface area (Å²) in [5.74, 6) is -0.839. The van der Waals surface area contributed by atoms with Crippen molar-refractivity contribution in [3.63, 3.8) is 0 Å². The molecule has 0 fully saturated rings. The molecule has 456 valence electrons. The molecule has 0 saturated heterocycles. The van der Waals surface area contributed by atoms with Crippen molar-refractivity contribution in [2.75, 3.05) is 26.4 Å². The highest BCUT2D eigenvalue weighted by Crippen LogP contribution is 2.43. The fourth-order valence-electron chi connectivity index (χ4n) is 9.14. The molecule has 10 heteroatoms. The molecule has 9 nitrogen and oxygen atoms in total. The van der Waals surface area contributed by atoms with E-state index in [1.165, 1.54) is 161 Å². The van der Waals surface area contributed by atoms with E-state index in [4.69, 9.17) is 24.3 Å². The Bertz CT molecular complexity index is 1610. The number of nitrogens with two attached hydrogens (primary N) is 1. The lowest BCUT2D eigenvalue weighted by molar-refractivity contribution is -0.161. The molecule has 0 radical (unpaired) electrons. The third-order valence-electron chi connectivity index (χ3n) is 14.0. The van der Waals surface area contributed by atoms with Gasteiger partial charge in [-0.2, -0.15) is 0 Å². The van der Waals surface area contributed by atoms with Crippen LogP contribution in [0.1, 0.15) is 296 Å². The fraction of sp³-hybridized carbons (Fsp3) is 0.739. The van der Waals surface area contributed by atoms with Gasteiger partial charge in [-0.15, -0.1) is 0 Å². The zero-order valence-corrected chi connectivity index (χ0v) is 52.0. The summed E-state index contributed by atoms with van der Waals surface area (Å²) in [4.78, 5) is 35.3. The van der Waals surface area contributed by atoms with Crippen LogP contribution in [0.15, 0.2) is 97.2 Å². The summed E-state index contributed by atoms with van der Waals surface area (Å²) in [7, 11) is -4.40. The summed E-state index contributed by atoms with van der Waals surface area (Å²) < 4.78 is 33.1. The number of allylic oxidation sites excluding steroid dienone is 16. The van der Waals surface area contributed by atoms with Crippen molar-refractivity contribution >= 4 is 19.8 Å². The lowest BCUT2D eigenvalue weighted by Gasteiger charge is -2.19. The quantitative estimate of drug-likeness (QED) is 0.0264. The van der Waals surface area contributed by atoms with Crippen molar-refractivity contribution in [3.05, 3.63) is 97.2 Å². The van der Waals surface area contributed by atoms with E-state index in [1.807, 2.05) is 0 Å². The number of esters is 2. The monoisotopic (exact) mass is 1120 g/mol. The predicted molar refractivity (Wildman–Crippen MR) is 339 cm³/mol. The van der Waals surface area contributed by atoms with E-state index in [-0.39, 0.29) is 38.6 Å². The largest absolute Gasteiger partial charge is 0.472 e. The standard InChI is InChI=1S/C69H122NO8P/c1-3-5-7-9-11-13-15-17-19-21-23-25-27-29-30-31-32-33-34-35-36-38-39-41-43-45-47-49-51-53-55-57-59-61-68(71)75-65-67(66-77-79(73,74)76-64-63-70)78-69(72)62-60-58-56-54-52-50-48-46-44-42-40-37-28-26-24-22-20-18-16-14-12-10-8-6-4-2/h6,8,12,14-15,17-18,20-21,23-24,26,37,40,44,46,67H,3-5,7,9-11,13,16,19,22,25,27-36,38-39,41-43,45,47-66,70H2,1-2H3,(H,73,74)/b8-6-,14-12-,17-15-,20-18-,23-21-,26-24-,40-37-,46-44-. The molecule has 0 aliphatic rings. The number of carbonyl (C=O) groups is 2. The van der Waals surface area contributed by atoms with Gasteiger partial charge in [-0.3, -0.25) is 18.6 Å². The Morgan fingerprint density at radius 1 is 0.392 bits per heavy atom. The third-order valence-corrected chi connectivity index (χ3v) is 14.9. The van der Waals surface area contributed by atoms with E-state index in [1.54, 1.807) is 0 Å². The van der Waals surface area contributed by atoms with Gasteiger partial charge in [-0.05, 0) is 96.3 Å². The summed E-state index contributed by atoms with van der Waals surface area (Å²) in [6.07, 6.45) is 86.3. The van der Waals surface area contributed by atoms with Crippen molar-refractivity contribution in [2.24, 2.45) is 5.73 Å². The van der Waals surface area contributed by atoms with Gasteiger partial charge in [-0.25, -0.2) is 4.57 Å². The van der Waals surface area contributed by atoms with Crippen LogP contribution in [0, 0.1) is 0 Å². The van der Waals surface area contributed by atoms with E-state index in [2.05, 4.69) is 111 Å². The molecule has 79 heavy (non-hydrogen) atoms. The lowest BCUT2D eigenvalue weighted by atomic mass is 10.0. The second-order valence-electron chi connectivity index (χ2n) is 21.6. The molecule has 0 aromatic carbocycles. The second-order valence-corrected chi connectivity index (χ2v) is 23.1. The topological polar surface area (TPSA) is 134 Å². The van der Waals surface area contributed by atoms with Crippen molar-refractivity contribution in [2.45, 2.75) is 302 Å². The highest BCUT2D eigenvalue weighted by molar-refractivity contribution is 7.47. The van der Waals surface area contributed by atoms with E-state index in [0.717, 1.165) is 103 Å². The Hall–Kier alpha value is -3.07. The van der Waals surface area contributed by atoms with Crippen molar-refractivity contribution in [1.29, 1.82) is 0 Å². The van der Waals surface area contributed by atoms with E-state index < -0.39 is 26.5 Å². The van der Waals surface area contributed by atoms with Crippen LogP contribution in [-0.4, -0.2) is 49.3 Å². The molecule has 3 N–H and O–H groups in total. The highest BCUT2D eigenvalue weighted by atomic mass is 31.2. The Kier molecular flexibility index (Phi) is 61.6. The molecule has 0 bridgehead atoms. The summed E-state index contributed by atoms with van der Waals surface area (Å²) in [6.45, 7) is 3.63. The maximum absolute atomic E-state index is 12.7. The average molecular weight is 1120 g/mol. The van der Waals surface area contributed by atoms with Gasteiger partial charge < -0.3 is 20.1 Å². The molecule has 0 saturated carbocycles. The number of carbonyl (C=O) groups excluding carboxylic acids is 2. The molecule has 0 aromatic heterocycles. The molecule has 0 aromatic rings. The van der Waals surface area contributed by atoms with Gasteiger partial charge in [0.2, 0.25) is 0 Å². The molecule has 2 unspecified atom stereocenters. The fourth-order valence-corrected chi connectivity index (χ4v) is 9.91. The molecular formula is C69H122NO8P. The molecule has 0 aliphatic carbocycles. The van der Waals surface area contributed by atoms with Crippen LogP contribution < -0.4 is 5.73 Å². The number of unbranched alkanes of at least 4 members (excludes halogenated alkanes) is 32. The van der Waals surface area contributed by atoms with Crippen molar-refractivity contribution in [1.82, 2.24) is 0 Å². The van der Waals surface area contributed by atoms with E-state index in [0.29, 0.717) is 6.42 Å². The number of hydrogen-bond acceptors (Lipinski definition) is 8. The SMILES string of the molecule is CC/C=C\C/C=C\C/C=C\C/C=C\C/C=C\C/C=C\CCCCCCCCC(=O)OC(COC(=O)CCCCCCCCCCCCCCCCCCCCCCC/C=C\C/C=C\CCCCCCC)COP(=O)(O)OCCN. The Morgan fingerprint density at radius 2 is 0.696 bits per heavy atom. The second kappa shape index (κ2) is 64.1. The van der Waals surface area contributed by atoms with Crippen LogP contribution >= 0.6 is 7.82 Å². The van der Waals surface area contributed by atoms with E-state index >= 15 is 0 Å². The van der Waals surface area contributed by atoms with Gasteiger partial charge in [0.15, 0.2) is 6.10 Å². The Balaban J connectivity index is 3.91. The highest BCUT2D eigenvalue weighted by Gasteiger charge is 2.26. The van der Waals surface area contributed by atoms with Gasteiger partial charge in [0, 0.05) is 19.4 Å². The van der Waals surface area contributed by atoms with Crippen LogP contribution in [-0.2, 0) is 32.7 Å². The molecular weight excluding hydrogens is 1000 g/mol.